The van der Waals surface area contributed by atoms with E-state index < -0.39 is 9.04 Å². The SMILES string of the molecule is C[SiH](C)OC#CC(C1CCCCCCC1)C(C)(C)C. The van der Waals surface area contributed by atoms with Gasteiger partial charge >= 0.3 is 0 Å². The molecule has 0 spiro atoms. The summed E-state index contributed by atoms with van der Waals surface area (Å²) in [4.78, 5) is 0. The second-order valence-electron chi connectivity index (χ2n) is 7.36. The summed E-state index contributed by atoms with van der Waals surface area (Å²) >= 11 is 0. The van der Waals surface area contributed by atoms with E-state index >= 15 is 0 Å². The highest BCUT2D eigenvalue weighted by Gasteiger charge is 2.31. The van der Waals surface area contributed by atoms with E-state index in [1.165, 1.54) is 44.9 Å². The van der Waals surface area contributed by atoms with Gasteiger partial charge in [-0.05, 0) is 37.3 Å². The highest BCUT2D eigenvalue weighted by molar-refractivity contribution is 6.48. The van der Waals surface area contributed by atoms with Crippen LogP contribution in [-0.2, 0) is 4.43 Å². The van der Waals surface area contributed by atoms with Gasteiger partial charge in [0, 0.05) is 5.92 Å². The van der Waals surface area contributed by atoms with Gasteiger partial charge in [0.2, 0.25) is 9.04 Å². The molecule has 19 heavy (non-hydrogen) atoms. The normalized spacial score (nSPS) is 20.1. The first-order chi connectivity index (χ1) is 8.91. The molecule has 0 amide bonds. The fourth-order valence-electron chi connectivity index (χ4n) is 3.08. The van der Waals surface area contributed by atoms with Crippen molar-refractivity contribution in [1.29, 1.82) is 0 Å². The average molecular weight is 281 g/mol. The summed E-state index contributed by atoms with van der Waals surface area (Å²) in [6.07, 6.45) is 12.8. The molecule has 110 valence electrons. The molecule has 1 aliphatic rings. The van der Waals surface area contributed by atoms with Gasteiger partial charge in [-0.1, -0.05) is 58.8 Å². The van der Waals surface area contributed by atoms with Crippen LogP contribution in [0, 0.1) is 29.3 Å². The Bertz CT molecular complexity index is 297. The smallest absolute Gasteiger partial charge is 0.244 e. The van der Waals surface area contributed by atoms with Crippen molar-refractivity contribution in [2.24, 2.45) is 17.3 Å². The van der Waals surface area contributed by atoms with Crippen LogP contribution in [0.3, 0.4) is 0 Å². The Hall–Kier alpha value is -0.423. The summed E-state index contributed by atoms with van der Waals surface area (Å²) in [6.45, 7) is 11.3. The number of hydrogen-bond donors (Lipinski definition) is 0. The first-order valence-electron chi connectivity index (χ1n) is 8.07. The lowest BCUT2D eigenvalue weighted by Crippen LogP contribution is -2.28. The molecule has 1 saturated carbocycles. The van der Waals surface area contributed by atoms with Gasteiger partial charge in [0.15, 0.2) is 0 Å². The van der Waals surface area contributed by atoms with E-state index in [-0.39, 0.29) is 5.41 Å². The van der Waals surface area contributed by atoms with Crippen LogP contribution in [0.5, 0.6) is 0 Å². The van der Waals surface area contributed by atoms with Gasteiger partial charge in [-0.3, -0.25) is 0 Å². The lowest BCUT2D eigenvalue weighted by Gasteiger charge is -2.34. The molecule has 0 aromatic carbocycles. The third-order valence-electron chi connectivity index (χ3n) is 4.06. The van der Waals surface area contributed by atoms with E-state index in [1.807, 2.05) is 0 Å². The van der Waals surface area contributed by atoms with E-state index in [2.05, 4.69) is 45.9 Å². The van der Waals surface area contributed by atoms with Crippen molar-refractivity contribution >= 4 is 9.04 Å². The second kappa shape index (κ2) is 8.00. The molecule has 0 aliphatic heterocycles. The van der Waals surface area contributed by atoms with Gasteiger partial charge in [-0.15, -0.1) is 0 Å². The molecule has 1 atom stereocenters. The highest BCUT2D eigenvalue weighted by Crippen LogP contribution is 2.38. The minimum atomic E-state index is -1.02. The summed E-state index contributed by atoms with van der Waals surface area (Å²) < 4.78 is 5.59. The molecule has 1 unspecified atom stereocenters. The molecule has 2 heteroatoms. The van der Waals surface area contributed by atoms with Crippen LogP contribution >= 0.6 is 0 Å². The molecule has 1 rings (SSSR count). The van der Waals surface area contributed by atoms with Crippen molar-refractivity contribution in [2.45, 2.75) is 78.8 Å². The summed E-state index contributed by atoms with van der Waals surface area (Å²) in [5.74, 6) is 4.72. The molecule has 1 nitrogen and oxygen atoms in total. The number of rotatable bonds is 2. The zero-order chi connectivity index (χ0) is 14.3. The van der Waals surface area contributed by atoms with Crippen LogP contribution in [0.1, 0.15) is 65.7 Å². The lowest BCUT2D eigenvalue weighted by atomic mass is 9.70. The van der Waals surface area contributed by atoms with E-state index in [0.717, 1.165) is 5.92 Å². The van der Waals surface area contributed by atoms with Gasteiger partial charge in [0.05, 0.1) is 6.11 Å². The van der Waals surface area contributed by atoms with Crippen LogP contribution in [0.2, 0.25) is 13.1 Å². The second-order valence-corrected chi connectivity index (χ2v) is 9.70. The third-order valence-corrected chi connectivity index (χ3v) is 4.65. The zero-order valence-electron chi connectivity index (χ0n) is 13.6. The molecule has 0 heterocycles. The van der Waals surface area contributed by atoms with Gasteiger partial charge in [0.25, 0.3) is 0 Å². The maximum Gasteiger partial charge on any atom is 0.244 e. The fourth-order valence-corrected chi connectivity index (χ4v) is 3.38. The summed E-state index contributed by atoms with van der Waals surface area (Å²) in [5, 5.41) is 0. The van der Waals surface area contributed by atoms with Crippen molar-refractivity contribution in [3.05, 3.63) is 0 Å². The largest absolute Gasteiger partial charge is 0.505 e. The van der Waals surface area contributed by atoms with Crippen LogP contribution in [-0.4, -0.2) is 9.04 Å². The Labute approximate surface area is 122 Å². The average Bonchev–Trinajstić information content (AvgIpc) is 2.23. The van der Waals surface area contributed by atoms with E-state index in [1.54, 1.807) is 0 Å². The minimum Gasteiger partial charge on any atom is -0.505 e. The molecule has 1 aliphatic carbocycles. The van der Waals surface area contributed by atoms with Gasteiger partial charge < -0.3 is 4.43 Å². The molecule has 0 bridgehead atoms. The molecular weight excluding hydrogens is 248 g/mol. The van der Waals surface area contributed by atoms with E-state index in [4.69, 9.17) is 4.43 Å². The van der Waals surface area contributed by atoms with E-state index in [9.17, 15) is 0 Å². The molecule has 0 N–H and O–H groups in total. The van der Waals surface area contributed by atoms with Crippen LogP contribution in [0.25, 0.3) is 0 Å². The molecule has 1 fully saturated rings. The Morgan fingerprint density at radius 2 is 1.53 bits per heavy atom. The third kappa shape index (κ3) is 6.52. The van der Waals surface area contributed by atoms with Crippen molar-refractivity contribution in [3.63, 3.8) is 0 Å². The molecule has 0 saturated heterocycles. The Morgan fingerprint density at radius 3 is 2.00 bits per heavy atom. The van der Waals surface area contributed by atoms with Crippen molar-refractivity contribution in [2.75, 3.05) is 0 Å². The van der Waals surface area contributed by atoms with Gasteiger partial charge in [0.1, 0.15) is 0 Å². The zero-order valence-corrected chi connectivity index (χ0v) is 14.7. The standard InChI is InChI=1S/C17H32OSi/c1-17(2,3)16(13-14-18-19(4)5)15-11-9-7-6-8-10-12-15/h15-16,19H,6-12H2,1-5H3. The van der Waals surface area contributed by atoms with Crippen molar-refractivity contribution in [1.82, 2.24) is 0 Å². The molecular formula is C17H32OSi. The summed E-state index contributed by atoms with van der Waals surface area (Å²) in [5.41, 5.74) is 0.263. The Morgan fingerprint density at radius 1 is 1.00 bits per heavy atom. The van der Waals surface area contributed by atoms with E-state index in [0.29, 0.717) is 5.92 Å². The van der Waals surface area contributed by atoms with Crippen LogP contribution < -0.4 is 0 Å². The molecule has 0 aromatic heterocycles. The van der Waals surface area contributed by atoms with Crippen molar-refractivity contribution < 1.29 is 4.43 Å². The highest BCUT2D eigenvalue weighted by atomic mass is 28.3. The van der Waals surface area contributed by atoms with Crippen LogP contribution in [0.15, 0.2) is 0 Å². The quantitative estimate of drug-likeness (QED) is 0.512. The monoisotopic (exact) mass is 280 g/mol. The first-order valence-corrected chi connectivity index (χ1v) is 10.9. The predicted octanol–water partition coefficient (Wildman–Crippen LogP) is 4.97. The van der Waals surface area contributed by atoms with Crippen LogP contribution in [0.4, 0.5) is 0 Å². The van der Waals surface area contributed by atoms with Gasteiger partial charge in [-0.25, -0.2) is 0 Å². The fraction of sp³-hybridized carbons (Fsp3) is 0.882. The minimum absolute atomic E-state index is 0.263. The number of hydrogen-bond acceptors (Lipinski definition) is 1. The summed E-state index contributed by atoms with van der Waals surface area (Å²) in [7, 11) is -1.02. The Balaban J connectivity index is 2.73. The topological polar surface area (TPSA) is 9.23 Å². The Kier molecular flexibility index (Phi) is 7.00. The van der Waals surface area contributed by atoms with Gasteiger partial charge in [-0.2, -0.15) is 0 Å². The van der Waals surface area contributed by atoms with Crippen molar-refractivity contribution in [3.8, 4) is 12.0 Å². The lowest BCUT2D eigenvalue weighted by molar-refractivity contribution is 0.184. The molecule has 0 radical (unpaired) electrons. The first kappa shape index (κ1) is 16.6. The summed E-state index contributed by atoms with van der Waals surface area (Å²) in [6, 6.07) is 0. The molecule has 0 aromatic rings. The maximum atomic E-state index is 5.59. The predicted molar refractivity (Wildman–Crippen MR) is 86.5 cm³/mol. The maximum absolute atomic E-state index is 5.59.